The Morgan fingerprint density at radius 2 is 1.67 bits per heavy atom. The number of rotatable bonds is 6. The Morgan fingerprint density at radius 3 is 2.27 bits per heavy atom. The van der Waals surface area contributed by atoms with Gasteiger partial charge in [-0.25, -0.2) is 9.59 Å². The average molecular weight is 459 g/mol. The van der Waals surface area contributed by atoms with E-state index in [1.165, 1.54) is 6.92 Å². The van der Waals surface area contributed by atoms with E-state index in [4.69, 9.17) is 14.2 Å². The number of amides is 1. The monoisotopic (exact) mass is 458 g/mol. The van der Waals surface area contributed by atoms with Crippen molar-refractivity contribution in [2.24, 2.45) is 5.92 Å². The number of ether oxygens (including phenoxy) is 3. The van der Waals surface area contributed by atoms with Crippen LogP contribution in [0, 0.1) is 5.92 Å². The van der Waals surface area contributed by atoms with Crippen molar-refractivity contribution in [2.75, 3.05) is 45.9 Å². The predicted octanol–water partition coefficient (Wildman–Crippen LogP) is 0.904. The molecule has 0 aromatic heterocycles. The molecule has 3 aliphatic rings. The van der Waals surface area contributed by atoms with Crippen LogP contribution < -0.4 is 0 Å². The first-order valence-corrected chi connectivity index (χ1v) is 11.3. The lowest BCUT2D eigenvalue weighted by atomic mass is 9.93. The first kappa shape index (κ1) is 23.4. The highest BCUT2D eigenvalue weighted by atomic mass is 16.8. The van der Waals surface area contributed by atoms with Crippen LogP contribution in [0.3, 0.4) is 0 Å². The minimum atomic E-state index is -1.65. The number of esters is 2. The van der Waals surface area contributed by atoms with Gasteiger partial charge in [0, 0.05) is 26.2 Å². The van der Waals surface area contributed by atoms with Crippen LogP contribution in [-0.4, -0.2) is 85.0 Å². The summed E-state index contributed by atoms with van der Waals surface area (Å²) in [6.07, 6.45) is 4.68. The second-order valence-electron chi connectivity index (χ2n) is 8.88. The zero-order valence-corrected chi connectivity index (χ0v) is 18.8. The predicted molar refractivity (Wildman–Crippen MR) is 118 cm³/mol. The summed E-state index contributed by atoms with van der Waals surface area (Å²) in [6, 6.07) is 7.12. The van der Waals surface area contributed by atoms with Crippen molar-refractivity contribution in [3.63, 3.8) is 0 Å². The second-order valence-corrected chi connectivity index (χ2v) is 8.88. The fraction of sp³-hybridized carbons (Fsp3) is 0.542. The maximum atomic E-state index is 12.5. The minimum absolute atomic E-state index is 0.195. The molecule has 1 N–H and O–H groups in total. The van der Waals surface area contributed by atoms with Crippen molar-refractivity contribution < 1.29 is 33.7 Å². The molecule has 1 aromatic carbocycles. The Bertz CT molecular complexity index is 882. The number of aliphatic hydroxyl groups is 1. The molecule has 3 heterocycles. The van der Waals surface area contributed by atoms with E-state index in [0.29, 0.717) is 31.2 Å². The normalized spacial score (nSPS) is 22.9. The minimum Gasteiger partial charge on any atom is -0.413 e. The van der Waals surface area contributed by atoms with Gasteiger partial charge in [-0.1, -0.05) is 36.4 Å². The van der Waals surface area contributed by atoms with Gasteiger partial charge in [-0.3, -0.25) is 9.69 Å². The number of likely N-dealkylation sites (tertiary alicyclic amines) is 1. The first-order valence-electron chi connectivity index (χ1n) is 11.3. The van der Waals surface area contributed by atoms with E-state index in [1.807, 2.05) is 23.1 Å². The Kier molecular flexibility index (Phi) is 7.11. The maximum Gasteiger partial charge on any atom is 0.420 e. The molecule has 0 radical (unpaired) electrons. The summed E-state index contributed by atoms with van der Waals surface area (Å²) in [6.45, 7) is 6.45. The van der Waals surface area contributed by atoms with E-state index in [1.54, 1.807) is 12.1 Å². The second kappa shape index (κ2) is 10.0. The Balaban J connectivity index is 1.26. The molecule has 3 fully saturated rings. The van der Waals surface area contributed by atoms with Crippen molar-refractivity contribution in [1.29, 1.82) is 0 Å². The molecule has 3 saturated heterocycles. The van der Waals surface area contributed by atoms with Gasteiger partial charge in [0.25, 0.3) is 6.29 Å². The number of piperidine rings is 1. The molecule has 0 saturated carbocycles. The highest BCUT2D eigenvalue weighted by Crippen LogP contribution is 2.31. The van der Waals surface area contributed by atoms with Crippen LogP contribution in [0.25, 0.3) is 6.08 Å². The van der Waals surface area contributed by atoms with Gasteiger partial charge < -0.3 is 24.2 Å². The van der Waals surface area contributed by atoms with Crippen molar-refractivity contribution in [2.45, 2.75) is 31.7 Å². The van der Waals surface area contributed by atoms with Gasteiger partial charge in [-0.2, -0.15) is 0 Å². The number of hydrogen-bond acceptors (Lipinski definition) is 8. The van der Waals surface area contributed by atoms with Gasteiger partial charge in [0.05, 0.1) is 19.8 Å². The van der Waals surface area contributed by atoms with E-state index in [-0.39, 0.29) is 5.91 Å². The lowest BCUT2D eigenvalue weighted by Crippen LogP contribution is -2.46. The van der Waals surface area contributed by atoms with Crippen LogP contribution in [0.2, 0.25) is 0 Å². The van der Waals surface area contributed by atoms with Crippen molar-refractivity contribution in [3.05, 3.63) is 41.5 Å². The van der Waals surface area contributed by atoms with E-state index >= 15 is 0 Å². The number of benzene rings is 1. The van der Waals surface area contributed by atoms with Gasteiger partial charge in [0.1, 0.15) is 0 Å². The number of morpholine rings is 1. The van der Waals surface area contributed by atoms with Crippen LogP contribution in [0.4, 0.5) is 0 Å². The third-order valence-corrected chi connectivity index (χ3v) is 6.46. The number of nitrogens with zero attached hydrogens (tertiary/aromatic N) is 2. The molecular formula is C24H30N2O7. The third kappa shape index (κ3) is 5.61. The number of hydrogen-bond donors (Lipinski definition) is 1. The lowest BCUT2D eigenvalue weighted by molar-refractivity contribution is -0.188. The van der Waals surface area contributed by atoms with Crippen LogP contribution in [-0.2, 0) is 34.2 Å². The van der Waals surface area contributed by atoms with Gasteiger partial charge in [0.2, 0.25) is 5.91 Å². The standard InChI is InChI=1S/C24H30N2O7/c1-24(30,23-32-21(28)22(29)33-23)19-6-4-17(5-7-19)2-3-18-8-10-26(11-9-18)20(27)16-25-12-14-31-15-13-25/h2-7,18,23,30H,8-16H2,1H3/b3-2+. The first-order chi connectivity index (χ1) is 15.8. The highest BCUT2D eigenvalue weighted by molar-refractivity contribution is 6.31. The smallest absolute Gasteiger partial charge is 0.413 e. The van der Waals surface area contributed by atoms with Gasteiger partial charge >= 0.3 is 11.9 Å². The molecule has 178 valence electrons. The molecule has 1 amide bonds. The van der Waals surface area contributed by atoms with Crippen molar-refractivity contribution in [1.82, 2.24) is 9.80 Å². The van der Waals surface area contributed by atoms with Crippen LogP contribution in [0.5, 0.6) is 0 Å². The van der Waals surface area contributed by atoms with E-state index in [0.717, 1.165) is 44.6 Å². The van der Waals surface area contributed by atoms with E-state index in [9.17, 15) is 19.5 Å². The molecule has 0 bridgehead atoms. The average Bonchev–Trinajstić information content (AvgIpc) is 3.18. The summed E-state index contributed by atoms with van der Waals surface area (Å²) in [5.41, 5.74) is -0.218. The van der Waals surface area contributed by atoms with Gasteiger partial charge in [-0.15, -0.1) is 0 Å². The molecule has 0 spiro atoms. The number of allylic oxidation sites excluding steroid dienone is 1. The summed E-state index contributed by atoms with van der Waals surface area (Å²) in [7, 11) is 0. The number of cyclic esters (lactones) is 2. The van der Waals surface area contributed by atoms with Crippen LogP contribution in [0.15, 0.2) is 30.3 Å². The summed E-state index contributed by atoms with van der Waals surface area (Å²) >= 11 is 0. The molecule has 1 atom stereocenters. The van der Waals surface area contributed by atoms with Crippen LogP contribution >= 0.6 is 0 Å². The molecule has 9 nitrogen and oxygen atoms in total. The molecule has 4 rings (SSSR count). The van der Waals surface area contributed by atoms with Crippen LogP contribution in [0.1, 0.15) is 30.9 Å². The zero-order valence-electron chi connectivity index (χ0n) is 18.8. The topological polar surface area (TPSA) is 106 Å². The Morgan fingerprint density at radius 1 is 1.06 bits per heavy atom. The summed E-state index contributed by atoms with van der Waals surface area (Å²) in [4.78, 5) is 39.2. The van der Waals surface area contributed by atoms with E-state index in [2.05, 4.69) is 11.0 Å². The van der Waals surface area contributed by atoms with E-state index < -0.39 is 23.8 Å². The highest BCUT2D eigenvalue weighted by Gasteiger charge is 2.47. The van der Waals surface area contributed by atoms with Crippen molar-refractivity contribution >= 4 is 23.9 Å². The molecular weight excluding hydrogens is 428 g/mol. The SMILES string of the molecule is CC(O)(c1ccc(/C=C/C2CCN(C(=O)CN3CCOCC3)CC2)cc1)C1OC(=O)C(=O)O1. The number of carbonyl (C=O) groups excluding carboxylic acids is 3. The number of carbonyl (C=O) groups is 3. The maximum absolute atomic E-state index is 12.5. The zero-order chi connectivity index (χ0) is 23.4. The quantitative estimate of drug-likeness (QED) is 0.495. The molecule has 9 heteroatoms. The molecule has 1 aromatic rings. The van der Waals surface area contributed by atoms with Gasteiger partial charge in [-0.05, 0) is 36.8 Å². The molecule has 33 heavy (non-hydrogen) atoms. The molecule has 3 aliphatic heterocycles. The van der Waals surface area contributed by atoms with Gasteiger partial charge in [0.15, 0.2) is 5.60 Å². The Hall–Kier alpha value is -2.75. The largest absolute Gasteiger partial charge is 0.420 e. The lowest BCUT2D eigenvalue weighted by Gasteiger charge is -2.33. The van der Waals surface area contributed by atoms with Crippen molar-refractivity contribution in [3.8, 4) is 0 Å². The third-order valence-electron chi connectivity index (χ3n) is 6.46. The molecule has 1 unspecified atom stereocenters. The fourth-order valence-corrected chi connectivity index (χ4v) is 4.25. The Labute approximate surface area is 192 Å². The summed E-state index contributed by atoms with van der Waals surface area (Å²) in [5, 5.41) is 10.7. The summed E-state index contributed by atoms with van der Waals surface area (Å²) in [5.74, 6) is -1.61. The summed E-state index contributed by atoms with van der Waals surface area (Å²) < 4.78 is 14.9. The molecule has 0 aliphatic carbocycles. The fourth-order valence-electron chi connectivity index (χ4n) is 4.25.